The van der Waals surface area contributed by atoms with Gasteiger partial charge in [0.15, 0.2) is 0 Å². The third kappa shape index (κ3) is 5.18. The summed E-state index contributed by atoms with van der Waals surface area (Å²) in [5.74, 6) is 0. The number of benzene rings is 1. The van der Waals surface area contributed by atoms with E-state index in [1.54, 1.807) is 0 Å². The van der Waals surface area contributed by atoms with Gasteiger partial charge in [-0.2, -0.15) is 0 Å². The smallest absolute Gasteiger partial charge is 0.216 e. The average Bonchev–Trinajstić information content (AvgIpc) is 2.43. The normalized spacial score (nSPS) is 13.2. The topological polar surface area (TPSA) is 69.6 Å². The second-order valence-electron chi connectivity index (χ2n) is 4.54. The average molecular weight is 286 g/mol. The lowest BCUT2D eigenvalue weighted by Gasteiger charge is -2.19. The van der Waals surface area contributed by atoms with E-state index in [-0.39, 0.29) is 6.61 Å². The fraction of sp³-hybridized carbons (Fsp3) is 0.538. The summed E-state index contributed by atoms with van der Waals surface area (Å²) in [6, 6.07) is 9.92. The van der Waals surface area contributed by atoms with Crippen molar-refractivity contribution in [3.8, 4) is 0 Å². The highest BCUT2D eigenvalue weighted by molar-refractivity contribution is 7.90. The molecule has 2 N–H and O–H groups in total. The Bertz CT molecular complexity index is 462. The summed E-state index contributed by atoms with van der Waals surface area (Å²) >= 11 is 0. The molecule has 0 aliphatic heterocycles. The molecule has 108 valence electrons. The number of aliphatic hydroxyl groups excluding tert-OH is 1. The van der Waals surface area contributed by atoms with Crippen molar-refractivity contribution in [3.63, 3.8) is 0 Å². The minimum absolute atomic E-state index is 0.362. The van der Waals surface area contributed by atoms with Crippen LogP contribution < -0.4 is 9.62 Å². The number of hydrogen-bond donors (Lipinski definition) is 2. The molecule has 0 bridgehead atoms. The lowest BCUT2D eigenvalue weighted by molar-refractivity contribution is 0.295. The molecule has 1 unspecified atom stereocenters. The SMILES string of the molecule is CC(CO)S(=O)(=O)NCCCN(C)c1ccccc1. The number of hydrogen-bond acceptors (Lipinski definition) is 4. The monoisotopic (exact) mass is 286 g/mol. The van der Waals surface area contributed by atoms with Crippen LogP contribution in [-0.4, -0.2) is 45.5 Å². The van der Waals surface area contributed by atoms with Gasteiger partial charge < -0.3 is 10.0 Å². The predicted molar refractivity (Wildman–Crippen MR) is 77.8 cm³/mol. The van der Waals surface area contributed by atoms with E-state index in [0.29, 0.717) is 13.0 Å². The molecule has 0 saturated heterocycles. The van der Waals surface area contributed by atoms with Crippen molar-refractivity contribution in [2.75, 3.05) is 31.6 Å². The maximum absolute atomic E-state index is 11.6. The van der Waals surface area contributed by atoms with Crippen LogP contribution >= 0.6 is 0 Å². The van der Waals surface area contributed by atoms with Gasteiger partial charge in [0.25, 0.3) is 0 Å². The lowest BCUT2D eigenvalue weighted by Crippen LogP contribution is -2.36. The summed E-state index contributed by atoms with van der Waals surface area (Å²) in [7, 11) is -1.42. The van der Waals surface area contributed by atoms with Crippen molar-refractivity contribution >= 4 is 15.7 Å². The van der Waals surface area contributed by atoms with E-state index in [0.717, 1.165) is 12.2 Å². The molecule has 0 fully saturated rings. The van der Waals surface area contributed by atoms with Gasteiger partial charge in [0.2, 0.25) is 10.0 Å². The van der Waals surface area contributed by atoms with E-state index in [2.05, 4.69) is 9.62 Å². The zero-order valence-electron chi connectivity index (χ0n) is 11.4. The third-order valence-electron chi connectivity index (χ3n) is 2.96. The van der Waals surface area contributed by atoms with Crippen molar-refractivity contribution in [3.05, 3.63) is 30.3 Å². The molecule has 1 aromatic carbocycles. The summed E-state index contributed by atoms with van der Waals surface area (Å²) < 4.78 is 25.7. The number of rotatable bonds is 8. The van der Waals surface area contributed by atoms with Crippen LogP contribution in [0.5, 0.6) is 0 Å². The van der Waals surface area contributed by atoms with Crippen molar-refractivity contribution in [2.24, 2.45) is 0 Å². The zero-order valence-corrected chi connectivity index (χ0v) is 12.2. The molecule has 0 saturated carbocycles. The Morgan fingerprint density at radius 2 is 1.95 bits per heavy atom. The summed E-state index contributed by atoms with van der Waals surface area (Å²) in [4.78, 5) is 2.07. The molecular formula is C13H22N2O3S. The standard InChI is InChI=1S/C13H22N2O3S/c1-12(11-16)19(17,18)14-9-6-10-15(2)13-7-4-3-5-8-13/h3-5,7-8,12,14,16H,6,9-11H2,1-2H3. The third-order valence-corrected chi connectivity index (χ3v) is 4.77. The van der Waals surface area contributed by atoms with Crippen molar-refractivity contribution in [1.82, 2.24) is 4.72 Å². The Kier molecular flexibility index (Phi) is 6.27. The summed E-state index contributed by atoms with van der Waals surface area (Å²) in [5.41, 5.74) is 1.11. The first-order valence-corrected chi connectivity index (χ1v) is 7.87. The molecule has 1 aromatic rings. The van der Waals surface area contributed by atoms with Crippen LogP contribution in [-0.2, 0) is 10.0 Å². The Balaban J connectivity index is 2.32. The van der Waals surface area contributed by atoms with E-state index in [9.17, 15) is 8.42 Å². The van der Waals surface area contributed by atoms with Crippen molar-refractivity contribution < 1.29 is 13.5 Å². The minimum Gasteiger partial charge on any atom is -0.395 e. The number of nitrogens with one attached hydrogen (secondary N) is 1. The molecule has 0 aromatic heterocycles. The van der Waals surface area contributed by atoms with Crippen LogP contribution in [0.4, 0.5) is 5.69 Å². The lowest BCUT2D eigenvalue weighted by atomic mass is 10.3. The summed E-state index contributed by atoms with van der Waals surface area (Å²) in [5, 5.41) is 8.07. The first kappa shape index (κ1) is 15.9. The Labute approximate surface area is 115 Å². The predicted octanol–water partition coefficient (Wildman–Crippen LogP) is 0.813. The molecule has 0 aliphatic rings. The molecule has 0 radical (unpaired) electrons. The van der Waals surface area contributed by atoms with Crippen LogP contribution in [0.1, 0.15) is 13.3 Å². The highest BCUT2D eigenvalue weighted by Gasteiger charge is 2.18. The van der Waals surface area contributed by atoms with E-state index in [1.165, 1.54) is 6.92 Å². The van der Waals surface area contributed by atoms with Gasteiger partial charge in [0.05, 0.1) is 11.9 Å². The van der Waals surface area contributed by atoms with Gasteiger partial charge in [-0.25, -0.2) is 13.1 Å². The molecule has 0 spiro atoms. The highest BCUT2D eigenvalue weighted by Crippen LogP contribution is 2.10. The van der Waals surface area contributed by atoms with Crippen LogP contribution in [0.2, 0.25) is 0 Å². The van der Waals surface area contributed by atoms with Crippen LogP contribution in [0, 0.1) is 0 Å². The molecule has 0 aliphatic carbocycles. The molecule has 19 heavy (non-hydrogen) atoms. The molecule has 1 atom stereocenters. The van der Waals surface area contributed by atoms with Crippen molar-refractivity contribution in [1.29, 1.82) is 0 Å². The molecule has 0 heterocycles. The number of aliphatic hydroxyl groups is 1. The second kappa shape index (κ2) is 7.47. The first-order chi connectivity index (χ1) is 8.97. The van der Waals surface area contributed by atoms with E-state index >= 15 is 0 Å². The molecule has 6 heteroatoms. The number of para-hydroxylation sites is 1. The fourth-order valence-corrected chi connectivity index (χ4v) is 2.49. The Morgan fingerprint density at radius 1 is 1.32 bits per heavy atom. The van der Waals surface area contributed by atoms with Gasteiger partial charge in [-0.1, -0.05) is 18.2 Å². The number of nitrogens with zero attached hydrogens (tertiary/aromatic N) is 1. The van der Waals surface area contributed by atoms with Gasteiger partial charge in [-0.15, -0.1) is 0 Å². The first-order valence-electron chi connectivity index (χ1n) is 6.33. The Hall–Kier alpha value is -1.11. The van der Waals surface area contributed by atoms with Crippen LogP contribution in [0.25, 0.3) is 0 Å². The second-order valence-corrected chi connectivity index (χ2v) is 6.73. The quantitative estimate of drug-likeness (QED) is 0.694. The minimum atomic E-state index is -3.39. The number of anilines is 1. The summed E-state index contributed by atoms with van der Waals surface area (Å²) in [6.07, 6.45) is 0.711. The van der Waals surface area contributed by atoms with Gasteiger partial charge in [-0.3, -0.25) is 0 Å². The van der Waals surface area contributed by atoms with E-state index < -0.39 is 15.3 Å². The van der Waals surface area contributed by atoms with Gasteiger partial charge in [-0.05, 0) is 25.5 Å². The summed E-state index contributed by atoms with van der Waals surface area (Å²) in [6.45, 7) is 2.27. The van der Waals surface area contributed by atoms with E-state index in [4.69, 9.17) is 5.11 Å². The van der Waals surface area contributed by atoms with Crippen molar-refractivity contribution in [2.45, 2.75) is 18.6 Å². The maximum atomic E-state index is 11.6. The molecule has 5 nitrogen and oxygen atoms in total. The van der Waals surface area contributed by atoms with E-state index in [1.807, 2.05) is 37.4 Å². The Morgan fingerprint density at radius 3 is 2.53 bits per heavy atom. The zero-order chi connectivity index (χ0) is 14.3. The van der Waals surface area contributed by atoms with Gasteiger partial charge >= 0.3 is 0 Å². The van der Waals surface area contributed by atoms with Gasteiger partial charge in [0, 0.05) is 25.8 Å². The largest absolute Gasteiger partial charge is 0.395 e. The maximum Gasteiger partial charge on any atom is 0.216 e. The molecule has 0 amide bonds. The highest BCUT2D eigenvalue weighted by atomic mass is 32.2. The fourth-order valence-electron chi connectivity index (χ4n) is 1.58. The molecular weight excluding hydrogens is 264 g/mol. The number of sulfonamides is 1. The van der Waals surface area contributed by atoms with Crippen LogP contribution in [0.3, 0.4) is 0 Å². The molecule has 1 rings (SSSR count). The van der Waals surface area contributed by atoms with Gasteiger partial charge in [0.1, 0.15) is 0 Å². The van der Waals surface area contributed by atoms with Crippen LogP contribution in [0.15, 0.2) is 30.3 Å².